The third-order valence-electron chi connectivity index (χ3n) is 4.59. The lowest BCUT2D eigenvalue weighted by molar-refractivity contribution is 0.148. The lowest BCUT2D eigenvalue weighted by Crippen LogP contribution is -2.43. The van der Waals surface area contributed by atoms with Gasteiger partial charge in [-0.3, -0.25) is 4.90 Å². The predicted octanol–water partition coefficient (Wildman–Crippen LogP) is 2.72. The minimum atomic E-state index is 0.796. The summed E-state index contributed by atoms with van der Waals surface area (Å²) in [5.41, 5.74) is 11.2. The maximum Gasteiger partial charge on any atom is 0.0356 e. The minimum Gasteiger partial charge on any atom is -0.398 e. The fraction of sp³-hybridized carbons (Fsp3) is 0.333. The van der Waals surface area contributed by atoms with Crippen molar-refractivity contribution in [2.45, 2.75) is 13.5 Å². The Morgan fingerprint density at radius 3 is 2.21 bits per heavy atom. The van der Waals surface area contributed by atoms with Crippen LogP contribution >= 0.6 is 0 Å². The molecular formula is C21H25N3. The minimum absolute atomic E-state index is 0.796. The Hall–Kier alpha value is -2.28. The zero-order chi connectivity index (χ0) is 16.9. The van der Waals surface area contributed by atoms with Crippen LogP contribution in [-0.4, -0.2) is 43.0 Å². The van der Waals surface area contributed by atoms with Gasteiger partial charge in [-0.2, -0.15) is 0 Å². The van der Waals surface area contributed by atoms with E-state index >= 15 is 0 Å². The molecule has 0 saturated carbocycles. The number of benzene rings is 2. The maximum atomic E-state index is 5.93. The van der Waals surface area contributed by atoms with Gasteiger partial charge >= 0.3 is 0 Å². The number of nitrogens with two attached hydrogens (primary N) is 1. The van der Waals surface area contributed by atoms with Gasteiger partial charge in [-0.15, -0.1) is 0 Å². The molecule has 3 nitrogen and oxygen atoms in total. The summed E-state index contributed by atoms with van der Waals surface area (Å²) in [7, 11) is 2.19. The second-order valence-corrected chi connectivity index (χ2v) is 6.60. The number of aryl methyl sites for hydroxylation is 1. The van der Waals surface area contributed by atoms with Gasteiger partial charge in [0.05, 0.1) is 0 Å². The first-order chi connectivity index (χ1) is 11.6. The summed E-state index contributed by atoms with van der Waals surface area (Å²) < 4.78 is 0. The number of piperazine rings is 1. The molecule has 1 heterocycles. The summed E-state index contributed by atoms with van der Waals surface area (Å²) in [5, 5.41) is 0. The van der Waals surface area contributed by atoms with Gasteiger partial charge in [-0.05, 0) is 49.4 Å². The van der Waals surface area contributed by atoms with Crippen molar-refractivity contribution in [2.24, 2.45) is 0 Å². The van der Waals surface area contributed by atoms with E-state index < -0.39 is 0 Å². The Bertz CT molecular complexity index is 745. The summed E-state index contributed by atoms with van der Waals surface area (Å²) in [4.78, 5) is 4.89. The Labute approximate surface area is 145 Å². The van der Waals surface area contributed by atoms with Gasteiger partial charge in [0.2, 0.25) is 0 Å². The van der Waals surface area contributed by atoms with Gasteiger partial charge in [-0.25, -0.2) is 0 Å². The van der Waals surface area contributed by atoms with Crippen LogP contribution in [0.1, 0.15) is 22.3 Å². The number of likely N-dealkylation sites (N-methyl/N-ethyl adjacent to an activating group) is 1. The molecule has 0 radical (unpaired) electrons. The average Bonchev–Trinajstić information content (AvgIpc) is 2.59. The highest BCUT2D eigenvalue weighted by Gasteiger charge is 2.13. The summed E-state index contributed by atoms with van der Waals surface area (Å²) >= 11 is 0. The second kappa shape index (κ2) is 7.53. The van der Waals surface area contributed by atoms with E-state index in [0.717, 1.165) is 55.1 Å². The molecule has 1 saturated heterocycles. The number of anilines is 1. The van der Waals surface area contributed by atoms with Gasteiger partial charge in [0.15, 0.2) is 0 Å². The zero-order valence-electron chi connectivity index (χ0n) is 14.5. The summed E-state index contributed by atoms with van der Waals surface area (Å²) in [6.45, 7) is 7.63. The lowest BCUT2D eigenvalue weighted by Gasteiger charge is -2.32. The van der Waals surface area contributed by atoms with Crippen LogP contribution in [0.2, 0.25) is 0 Å². The van der Waals surface area contributed by atoms with Crippen LogP contribution in [0, 0.1) is 18.8 Å². The molecule has 0 amide bonds. The molecule has 3 rings (SSSR count). The highest BCUT2D eigenvalue weighted by atomic mass is 15.2. The first kappa shape index (κ1) is 16.6. The molecule has 0 spiro atoms. The molecule has 0 aliphatic carbocycles. The molecule has 1 aliphatic heterocycles. The molecule has 24 heavy (non-hydrogen) atoms. The van der Waals surface area contributed by atoms with Crippen molar-refractivity contribution in [1.29, 1.82) is 0 Å². The molecule has 0 unspecified atom stereocenters. The van der Waals surface area contributed by atoms with E-state index in [0.29, 0.717) is 0 Å². The summed E-state index contributed by atoms with van der Waals surface area (Å²) in [6, 6.07) is 14.5. The number of nitrogens with zero attached hydrogens (tertiary/aromatic N) is 2. The third kappa shape index (κ3) is 4.38. The van der Waals surface area contributed by atoms with Crippen molar-refractivity contribution in [3.63, 3.8) is 0 Å². The largest absolute Gasteiger partial charge is 0.398 e. The van der Waals surface area contributed by atoms with E-state index in [1.54, 1.807) is 0 Å². The van der Waals surface area contributed by atoms with Crippen molar-refractivity contribution < 1.29 is 0 Å². The first-order valence-corrected chi connectivity index (χ1v) is 8.48. The lowest BCUT2D eigenvalue weighted by atomic mass is 10.1. The summed E-state index contributed by atoms with van der Waals surface area (Å²) in [5.74, 6) is 6.41. The maximum absolute atomic E-state index is 5.93. The normalized spacial score (nSPS) is 15.8. The van der Waals surface area contributed by atoms with Crippen LogP contribution in [0.4, 0.5) is 5.69 Å². The zero-order valence-corrected chi connectivity index (χ0v) is 14.5. The van der Waals surface area contributed by atoms with E-state index in [1.165, 1.54) is 5.56 Å². The van der Waals surface area contributed by atoms with Crippen LogP contribution in [0.3, 0.4) is 0 Å². The highest BCUT2D eigenvalue weighted by Crippen LogP contribution is 2.13. The number of hydrogen-bond acceptors (Lipinski definition) is 3. The SMILES string of the molecule is Cc1ccc(C#Cc2ccc(CN3CCN(C)CC3)cc2)cc1N. The smallest absolute Gasteiger partial charge is 0.0356 e. The Kier molecular flexibility index (Phi) is 5.20. The number of nitrogen functional groups attached to an aromatic ring is 1. The average molecular weight is 319 g/mol. The van der Waals surface area contributed by atoms with Crippen molar-refractivity contribution >= 4 is 5.69 Å². The fourth-order valence-corrected chi connectivity index (χ4v) is 2.82. The van der Waals surface area contributed by atoms with Crippen LogP contribution in [-0.2, 0) is 6.54 Å². The molecule has 0 atom stereocenters. The van der Waals surface area contributed by atoms with Gasteiger partial charge < -0.3 is 10.6 Å². The Balaban J connectivity index is 1.62. The monoisotopic (exact) mass is 319 g/mol. The third-order valence-corrected chi connectivity index (χ3v) is 4.59. The van der Waals surface area contributed by atoms with Crippen LogP contribution in [0.15, 0.2) is 42.5 Å². The van der Waals surface area contributed by atoms with Crippen molar-refractivity contribution in [2.75, 3.05) is 39.0 Å². The van der Waals surface area contributed by atoms with Crippen LogP contribution in [0.25, 0.3) is 0 Å². The molecule has 3 heteroatoms. The van der Waals surface area contributed by atoms with Gasteiger partial charge in [0.25, 0.3) is 0 Å². The highest BCUT2D eigenvalue weighted by molar-refractivity contribution is 5.54. The molecule has 124 valence electrons. The van der Waals surface area contributed by atoms with Gasteiger partial charge in [-0.1, -0.05) is 30.0 Å². The second-order valence-electron chi connectivity index (χ2n) is 6.60. The molecule has 1 aliphatic rings. The molecule has 2 aromatic carbocycles. The van der Waals surface area contributed by atoms with E-state index in [-0.39, 0.29) is 0 Å². The predicted molar refractivity (Wildman–Crippen MR) is 101 cm³/mol. The molecular weight excluding hydrogens is 294 g/mol. The molecule has 0 bridgehead atoms. The molecule has 2 aromatic rings. The van der Waals surface area contributed by atoms with Crippen molar-refractivity contribution in [1.82, 2.24) is 9.80 Å². The van der Waals surface area contributed by atoms with E-state index in [4.69, 9.17) is 5.73 Å². The standard InChI is InChI=1S/C21H25N3/c1-17-3-4-19(15-21(17)22)8-5-18-6-9-20(10-7-18)16-24-13-11-23(2)12-14-24/h3-4,6-7,9-10,15H,11-14,16,22H2,1-2H3. The number of rotatable bonds is 2. The van der Waals surface area contributed by atoms with Gasteiger partial charge in [0, 0.05) is 49.5 Å². The quantitative estimate of drug-likeness (QED) is 0.682. The van der Waals surface area contributed by atoms with Crippen molar-refractivity contribution in [3.05, 3.63) is 64.7 Å². The van der Waals surface area contributed by atoms with Crippen molar-refractivity contribution in [3.8, 4) is 11.8 Å². The molecule has 1 fully saturated rings. The number of hydrogen-bond donors (Lipinski definition) is 1. The van der Waals surface area contributed by atoms with Crippen LogP contribution < -0.4 is 5.73 Å². The Morgan fingerprint density at radius 2 is 1.54 bits per heavy atom. The van der Waals surface area contributed by atoms with Crippen LogP contribution in [0.5, 0.6) is 0 Å². The van der Waals surface area contributed by atoms with E-state index in [2.05, 4.69) is 53.0 Å². The summed E-state index contributed by atoms with van der Waals surface area (Å²) in [6.07, 6.45) is 0. The topological polar surface area (TPSA) is 32.5 Å². The van der Waals surface area contributed by atoms with E-state index in [9.17, 15) is 0 Å². The molecule has 2 N–H and O–H groups in total. The Morgan fingerprint density at radius 1 is 0.917 bits per heavy atom. The van der Waals surface area contributed by atoms with Gasteiger partial charge in [0.1, 0.15) is 0 Å². The molecule has 0 aromatic heterocycles. The van der Waals surface area contributed by atoms with E-state index in [1.807, 2.05) is 25.1 Å². The first-order valence-electron chi connectivity index (χ1n) is 8.48. The fourth-order valence-electron chi connectivity index (χ4n) is 2.82.